The van der Waals surface area contributed by atoms with Gasteiger partial charge < -0.3 is 25.8 Å². The molecule has 0 spiro atoms. The van der Waals surface area contributed by atoms with Crippen LogP contribution in [0.2, 0.25) is 0 Å². The maximum absolute atomic E-state index is 11.2. The number of hydrogen-bond donors (Lipinski definition) is 4. The summed E-state index contributed by atoms with van der Waals surface area (Å²) in [5, 5.41) is 28.4. The number of carbonyl (C=O) groups excluding carboxylic acids is 1. The number of aliphatic hydroxyl groups excluding tert-OH is 3. The monoisotopic (exact) mass is 203 g/mol. The van der Waals surface area contributed by atoms with Gasteiger partial charge in [-0.2, -0.15) is 0 Å². The third-order valence-corrected chi connectivity index (χ3v) is 3.10. The molecule has 0 aromatic rings. The zero-order valence-corrected chi connectivity index (χ0v) is 7.41. The summed E-state index contributed by atoms with van der Waals surface area (Å²) in [5.41, 5.74) is 5.58. The Morgan fingerprint density at radius 2 is 1.86 bits per heavy atom. The highest BCUT2D eigenvalue weighted by atomic mass is 16.5. The molecule has 6 atom stereocenters. The van der Waals surface area contributed by atoms with E-state index in [2.05, 4.69) is 0 Å². The lowest BCUT2D eigenvalue weighted by atomic mass is 9.73. The Bertz CT molecular complexity index is 258. The topological polar surface area (TPSA) is 113 Å². The zero-order chi connectivity index (χ0) is 10.5. The van der Waals surface area contributed by atoms with Gasteiger partial charge in [-0.3, -0.25) is 4.79 Å². The van der Waals surface area contributed by atoms with Gasteiger partial charge in [-0.1, -0.05) is 0 Å². The number of fused-ring (bicyclic) bond motifs is 1. The minimum atomic E-state index is -1.30. The van der Waals surface area contributed by atoms with Crippen molar-refractivity contribution >= 4 is 5.97 Å². The van der Waals surface area contributed by atoms with Gasteiger partial charge in [0.05, 0.1) is 24.7 Å². The summed E-state index contributed by atoms with van der Waals surface area (Å²) in [6.45, 7) is 0.0577. The zero-order valence-electron chi connectivity index (χ0n) is 7.41. The van der Waals surface area contributed by atoms with E-state index in [0.717, 1.165) is 0 Å². The van der Waals surface area contributed by atoms with Crippen LogP contribution >= 0.6 is 0 Å². The normalized spacial score (nSPS) is 52.7. The maximum atomic E-state index is 11.2. The molecule has 6 nitrogen and oxygen atoms in total. The predicted molar refractivity (Wildman–Crippen MR) is 43.9 cm³/mol. The second-order valence-corrected chi connectivity index (χ2v) is 3.87. The number of ether oxygens (including phenoxy) is 1. The van der Waals surface area contributed by atoms with E-state index < -0.39 is 42.2 Å². The van der Waals surface area contributed by atoms with Crippen molar-refractivity contribution in [2.24, 2.45) is 17.6 Å². The van der Waals surface area contributed by atoms with Crippen LogP contribution in [0.25, 0.3) is 0 Å². The first kappa shape index (κ1) is 9.85. The standard InChI is InChI=1S/C8H13NO5/c9-4-3-2(1-14-8(3)13)5(10)7(12)6(4)11/h2-7,10-12H,1,9H2/t2-,3?,4-,5+,6+,7-/m0/s1. The molecule has 0 aromatic carbocycles. The Morgan fingerprint density at radius 3 is 2.50 bits per heavy atom. The fourth-order valence-electron chi connectivity index (χ4n) is 2.20. The molecule has 14 heavy (non-hydrogen) atoms. The number of esters is 1. The Morgan fingerprint density at radius 1 is 1.21 bits per heavy atom. The number of nitrogens with two attached hydrogens (primary N) is 1. The molecular formula is C8H13NO5. The van der Waals surface area contributed by atoms with E-state index in [1.54, 1.807) is 0 Å². The molecule has 1 unspecified atom stereocenters. The van der Waals surface area contributed by atoms with Crippen molar-refractivity contribution in [3.05, 3.63) is 0 Å². The molecule has 2 aliphatic rings. The molecule has 0 bridgehead atoms. The van der Waals surface area contributed by atoms with Crippen molar-refractivity contribution in [3.8, 4) is 0 Å². The molecule has 0 aromatic heterocycles. The van der Waals surface area contributed by atoms with Gasteiger partial charge in [0.15, 0.2) is 0 Å². The van der Waals surface area contributed by atoms with E-state index in [-0.39, 0.29) is 6.61 Å². The van der Waals surface area contributed by atoms with Gasteiger partial charge in [0.25, 0.3) is 0 Å². The average Bonchev–Trinajstić information content (AvgIpc) is 2.54. The fourth-order valence-corrected chi connectivity index (χ4v) is 2.20. The summed E-state index contributed by atoms with van der Waals surface area (Å²) in [6, 6.07) is -0.867. The Hall–Kier alpha value is -0.690. The minimum Gasteiger partial charge on any atom is -0.465 e. The molecule has 2 fully saturated rings. The van der Waals surface area contributed by atoms with Crippen LogP contribution in [0.5, 0.6) is 0 Å². The lowest BCUT2D eigenvalue weighted by Crippen LogP contribution is -2.61. The Balaban J connectivity index is 2.27. The molecule has 80 valence electrons. The largest absolute Gasteiger partial charge is 0.465 e. The van der Waals surface area contributed by atoms with Gasteiger partial charge in [-0.05, 0) is 0 Å². The second kappa shape index (κ2) is 3.16. The van der Waals surface area contributed by atoms with E-state index in [0.29, 0.717) is 0 Å². The number of hydrogen-bond acceptors (Lipinski definition) is 6. The number of cyclic esters (lactones) is 1. The van der Waals surface area contributed by atoms with Crippen molar-refractivity contribution in [2.45, 2.75) is 24.4 Å². The van der Waals surface area contributed by atoms with E-state index in [1.807, 2.05) is 0 Å². The molecule has 0 amide bonds. The first-order valence-corrected chi connectivity index (χ1v) is 4.50. The predicted octanol–water partition coefficient (Wildman–Crippen LogP) is -2.80. The molecule has 6 heteroatoms. The molecule has 2 rings (SSSR count). The smallest absolute Gasteiger partial charge is 0.311 e. The van der Waals surface area contributed by atoms with Crippen LogP contribution in [0.1, 0.15) is 0 Å². The molecule has 1 heterocycles. The third kappa shape index (κ3) is 1.15. The van der Waals surface area contributed by atoms with Crippen LogP contribution in [0.15, 0.2) is 0 Å². The lowest BCUT2D eigenvalue weighted by Gasteiger charge is -2.39. The van der Waals surface area contributed by atoms with Crippen molar-refractivity contribution in [1.82, 2.24) is 0 Å². The Kier molecular flexibility index (Phi) is 2.23. The fraction of sp³-hybridized carbons (Fsp3) is 0.875. The minimum absolute atomic E-state index is 0.0577. The third-order valence-electron chi connectivity index (χ3n) is 3.10. The molecule has 0 radical (unpaired) electrons. The Labute approximate surface area is 80.3 Å². The van der Waals surface area contributed by atoms with E-state index in [9.17, 15) is 20.1 Å². The maximum Gasteiger partial charge on any atom is 0.311 e. The molecular weight excluding hydrogens is 190 g/mol. The van der Waals surface area contributed by atoms with Crippen LogP contribution in [0, 0.1) is 11.8 Å². The van der Waals surface area contributed by atoms with Crippen LogP contribution < -0.4 is 5.73 Å². The van der Waals surface area contributed by atoms with E-state index in [4.69, 9.17) is 10.5 Å². The molecule has 1 saturated carbocycles. The molecule has 1 saturated heterocycles. The lowest BCUT2D eigenvalue weighted by molar-refractivity contribution is -0.150. The second-order valence-electron chi connectivity index (χ2n) is 3.87. The SMILES string of the molecule is N[C@H]1C2C(=O)OC[C@@H]2[C@@H](O)[C@H](O)[C@@H]1O. The van der Waals surface area contributed by atoms with Crippen LogP contribution in [-0.4, -0.2) is 52.2 Å². The van der Waals surface area contributed by atoms with Crippen molar-refractivity contribution in [3.63, 3.8) is 0 Å². The summed E-state index contributed by atoms with van der Waals surface area (Å²) in [6.07, 6.45) is -3.74. The highest BCUT2D eigenvalue weighted by Gasteiger charge is 2.54. The van der Waals surface area contributed by atoms with E-state index in [1.165, 1.54) is 0 Å². The van der Waals surface area contributed by atoms with Crippen LogP contribution in [0.4, 0.5) is 0 Å². The van der Waals surface area contributed by atoms with Crippen molar-refractivity contribution in [1.29, 1.82) is 0 Å². The number of rotatable bonds is 0. The van der Waals surface area contributed by atoms with Gasteiger partial charge >= 0.3 is 5.97 Å². The summed E-state index contributed by atoms with van der Waals surface area (Å²) in [7, 11) is 0. The summed E-state index contributed by atoms with van der Waals surface area (Å²) < 4.78 is 4.74. The van der Waals surface area contributed by atoms with Gasteiger partial charge in [-0.15, -0.1) is 0 Å². The van der Waals surface area contributed by atoms with Crippen molar-refractivity contribution < 1.29 is 24.9 Å². The van der Waals surface area contributed by atoms with Crippen LogP contribution in [-0.2, 0) is 9.53 Å². The highest BCUT2D eigenvalue weighted by Crippen LogP contribution is 2.35. The number of carbonyl (C=O) groups is 1. The van der Waals surface area contributed by atoms with Gasteiger partial charge in [0.2, 0.25) is 0 Å². The summed E-state index contributed by atoms with van der Waals surface area (Å²) in [5.74, 6) is -1.72. The molecule has 5 N–H and O–H groups in total. The van der Waals surface area contributed by atoms with Gasteiger partial charge in [0, 0.05) is 12.0 Å². The number of aliphatic hydroxyl groups is 3. The summed E-state index contributed by atoms with van der Waals surface area (Å²) >= 11 is 0. The van der Waals surface area contributed by atoms with Gasteiger partial charge in [-0.25, -0.2) is 0 Å². The van der Waals surface area contributed by atoms with Crippen LogP contribution in [0.3, 0.4) is 0 Å². The van der Waals surface area contributed by atoms with Crippen molar-refractivity contribution in [2.75, 3.05) is 6.61 Å². The summed E-state index contributed by atoms with van der Waals surface area (Å²) in [4.78, 5) is 11.2. The first-order chi connectivity index (χ1) is 6.54. The quantitative estimate of drug-likeness (QED) is 0.316. The molecule has 1 aliphatic heterocycles. The first-order valence-electron chi connectivity index (χ1n) is 4.50. The van der Waals surface area contributed by atoms with E-state index >= 15 is 0 Å². The van der Waals surface area contributed by atoms with Gasteiger partial charge in [0.1, 0.15) is 6.10 Å². The average molecular weight is 203 g/mol. The molecule has 1 aliphatic carbocycles. The highest BCUT2D eigenvalue weighted by molar-refractivity contribution is 5.76.